The van der Waals surface area contributed by atoms with Crippen molar-refractivity contribution in [3.05, 3.63) is 21.8 Å². The molecule has 0 unspecified atom stereocenters. The Kier molecular flexibility index (Phi) is 2.74. The molecule has 2 heterocycles. The van der Waals surface area contributed by atoms with Crippen molar-refractivity contribution >= 4 is 40.4 Å². The molecule has 0 radical (unpaired) electrons. The fourth-order valence-electron chi connectivity index (χ4n) is 2.22. The highest BCUT2D eigenvalue weighted by Crippen LogP contribution is 2.26. The summed E-state index contributed by atoms with van der Waals surface area (Å²) in [5.41, 5.74) is 3.68. The summed E-state index contributed by atoms with van der Waals surface area (Å²) in [6, 6.07) is 0. The van der Waals surface area contributed by atoms with E-state index in [-0.39, 0.29) is 0 Å². The molecule has 0 saturated heterocycles. The van der Waals surface area contributed by atoms with Gasteiger partial charge < -0.3 is 4.98 Å². The van der Waals surface area contributed by atoms with Gasteiger partial charge in [0.05, 0.1) is 8.07 Å². The van der Waals surface area contributed by atoms with Gasteiger partial charge in [-0.3, -0.25) is 0 Å². The van der Waals surface area contributed by atoms with E-state index < -0.39 is 8.07 Å². The molecular weight excluding hydrogens is 280 g/mol. The van der Waals surface area contributed by atoms with E-state index in [9.17, 15) is 0 Å². The fourth-order valence-corrected chi connectivity index (χ4v) is 4.26. The smallest absolute Gasteiger partial charge is 0.137 e. The van der Waals surface area contributed by atoms with Gasteiger partial charge in [0.15, 0.2) is 0 Å². The number of rotatable bonds is 1. The Morgan fingerprint density at radius 3 is 2.38 bits per heavy atom. The van der Waals surface area contributed by atoms with Crippen molar-refractivity contribution < 1.29 is 0 Å². The number of pyridine rings is 1. The van der Waals surface area contributed by atoms with Gasteiger partial charge in [0.1, 0.15) is 5.65 Å². The summed E-state index contributed by atoms with van der Waals surface area (Å²) >= 11 is 3.55. The SMILES string of the molecule is Cc1c(Br)cnc2[nH]c([Si](C)(C)C)c(C)c12. The molecule has 2 rings (SSSR count). The molecular formula is C12H17BrN2Si. The number of aromatic nitrogens is 2. The molecule has 2 aromatic heterocycles. The Morgan fingerprint density at radius 1 is 1.19 bits per heavy atom. The van der Waals surface area contributed by atoms with Gasteiger partial charge >= 0.3 is 0 Å². The Labute approximate surface area is 106 Å². The maximum Gasteiger partial charge on any atom is 0.137 e. The predicted octanol–water partition coefficient (Wildman–Crippen LogP) is 3.49. The number of aryl methyl sites for hydroxylation is 2. The zero-order valence-corrected chi connectivity index (χ0v) is 13.0. The van der Waals surface area contributed by atoms with Crippen LogP contribution in [0.4, 0.5) is 0 Å². The minimum Gasteiger partial charge on any atom is -0.347 e. The van der Waals surface area contributed by atoms with Gasteiger partial charge in [-0.05, 0) is 40.9 Å². The van der Waals surface area contributed by atoms with Gasteiger partial charge in [0.2, 0.25) is 0 Å². The highest BCUT2D eigenvalue weighted by atomic mass is 79.9. The first kappa shape index (κ1) is 11.9. The van der Waals surface area contributed by atoms with Crippen molar-refractivity contribution in [2.45, 2.75) is 33.5 Å². The molecule has 0 aliphatic rings. The quantitative estimate of drug-likeness (QED) is 0.802. The molecule has 0 aliphatic carbocycles. The second-order valence-electron chi connectivity index (χ2n) is 5.33. The van der Waals surface area contributed by atoms with Crippen LogP contribution in [0.5, 0.6) is 0 Å². The molecule has 0 saturated carbocycles. The summed E-state index contributed by atoms with van der Waals surface area (Å²) in [4.78, 5) is 7.96. The van der Waals surface area contributed by atoms with Gasteiger partial charge in [-0.2, -0.15) is 0 Å². The first-order valence-corrected chi connectivity index (χ1v) is 9.75. The van der Waals surface area contributed by atoms with E-state index in [4.69, 9.17) is 0 Å². The lowest BCUT2D eigenvalue weighted by molar-refractivity contribution is 1.30. The van der Waals surface area contributed by atoms with E-state index in [0.29, 0.717) is 0 Å². The third-order valence-corrected chi connectivity index (χ3v) is 5.82. The van der Waals surface area contributed by atoms with Crippen LogP contribution < -0.4 is 5.32 Å². The Hall–Kier alpha value is -0.613. The van der Waals surface area contributed by atoms with Crippen LogP contribution in [-0.2, 0) is 0 Å². The summed E-state index contributed by atoms with van der Waals surface area (Å²) < 4.78 is 1.09. The third kappa shape index (κ3) is 1.74. The van der Waals surface area contributed by atoms with Crippen LogP contribution in [0.25, 0.3) is 11.0 Å². The van der Waals surface area contributed by atoms with Crippen LogP contribution >= 0.6 is 15.9 Å². The van der Waals surface area contributed by atoms with Crippen molar-refractivity contribution in [1.29, 1.82) is 0 Å². The molecule has 0 bridgehead atoms. The largest absolute Gasteiger partial charge is 0.347 e. The third-order valence-electron chi connectivity index (χ3n) is 3.02. The van der Waals surface area contributed by atoms with Gasteiger partial charge in [0, 0.05) is 21.4 Å². The minimum atomic E-state index is -1.31. The van der Waals surface area contributed by atoms with Crippen molar-refractivity contribution in [2.75, 3.05) is 0 Å². The second kappa shape index (κ2) is 3.70. The van der Waals surface area contributed by atoms with Gasteiger partial charge in [0.25, 0.3) is 0 Å². The highest BCUT2D eigenvalue weighted by Gasteiger charge is 2.23. The molecule has 0 aliphatic heterocycles. The predicted molar refractivity (Wildman–Crippen MR) is 76.2 cm³/mol. The van der Waals surface area contributed by atoms with Gasteiger partial charge in [-0.1, -0.05) is 19.6 Å². The first-order chi connectivity index (χ1) is 7.32. The number of hydrogen-bond donors (Lipinski definition) is 1. The van der Waals surface area contributed by atoms with Crippen LogP contribution in [0.2, 0.25) is 19.6 Å². The lowest BCUT2D eigenvalue weighted by atomic mass is 10.1. The molecule has 0 amide bonds. The summed E-state index contributed by atoms with van der Waals surface area (Å²) in [7, 11) is -1.31. The highest BCUT2D eigenvalue weighted by molar-refractivity contribution is 9.10. The van der Waals surface area contributed by atoms with E-state index in [1.54, 1.807) is 0 Å². The van der Waals surface area contributed by atoms with E-state index in [1.807, 2.05) is 6.20 Å². The molecule has 16 heavy (non-hydrogen) atoms. The molecule has 2 nitrogen and oxygen atoms in total. The number of hydrogen-bond acceptors (Lipinski definition) is 1. The molecule has 86 valence electrons. The molecule has 2 aromatic rings. The zero-order valence-electron chi connectivity index (χ0n) is 10.4. The molecule has 1 N–H and O–H groups in total. The maximum absolute atomic E-state index is 4.46. The number of aromatic amines is 1. The standard InChI is InChI=1S/C12H17BrN2Si/c1-7-9(13)6-14-11-10(7)8(2)12(15-11)16(3,4)5/h6H,1-5H3,(H,14,15). The van der Waals surface area contributed by atoms with Crippen molar-refractivity contribution in [2.24, 2.45) is 0 Å². The molecule has 4 heteroatoms. The molecule has 0 fully saturated rings. The number of fused-ring (bicyclic) bond motifs is 1. The fraction of sp³-hybridized carbons (Fsp3) is 0.417. The topological polar surface area (TPSA) is 28.7 Å². The van der Waals surface area contributed by atoms with Crippen LogP contribution in [0.3, 0.4) is 0 Å². The van der Waals surface area contributed by atoms with Crippen molar-refractivity contribution in [3.63, 3.8) is 0 Å². The summed E-state index contributed by atoms with van der Waals surface area (Å²) in [5.74, 6) is 0. The Bertz CT molecular complexity index is 552. The van der Waals surface area contributed by atoms with Crippen LogP contribution in [0, 0.1) is 13.8 Å². The monoisotopic (exact) mass is 296 g/mol. The van der Waals surface area contributed by atoms with Crippen LogP contribution in [0.1, 0.15) is 11.1 Å². The average Bonchev–Trinajstić information content (AvgIpc) is 2.50. The summed E-state index contributed by atoms with van der Waals surface area (Å²) in [6.45, 7) is 11.4. The lowest BCUT2D eigenvalue weighted by Gasteiger charge is -2.15. The van der Waals surface area contributed by atoms with E-state index in [2.05, 4.69) is 59.4 Å². The summed E-state index contributed by atoms with van der Waals surface area (Å²) in [5, 5.41) is 2.70. The normalized spacial score (nSPS) is 12.4. The number of nitrogens with one attached hydrogen (secondary N) is 1. The number of halogens is 1. The number of H-pyrrole nitrogens is 1. The van der Waals surface area contributed by atoms with Crippen molar-refractivity contribution in [1.82, 2.24) is 9.97 Å². The van der Waals surface area contributed by atoms with Crippen molar-refractivity contribution in [3.8, 4) is 0 Å². The Morgan fingerprint density at radius 2 is 1.81 bits per heavy atom. The van der Waals surface area contributed by atoms with E-state index in [0.717, 1.165) is 10.1 Å². The van der Waals surface area contributed by atoms with Gasteiger partial charge in [-0.15, -0.1) is 0 Å². The molecule has 0 atom stereocenters. The van der Waals surface area contributed by atoms with E-state index in [1.165, 1.54) is 21.8 Å². The zero-order chi connectivity index (χ0) is 12.1. The molecule has 0 spiro atoms. The number of nitrogens with zero attached hydrogens (tertiary/aromatic N) is 1. The average molecular weight is 297 g/mol. The lowest BCUT2D eigenvalue weighted by Crippen LogP contribution is -2.40. The maximum atomic E-state index is 4.46. The first-order valence-electron chi connectivity index (χ1n) is 5.46. The minimum absolute atomic E-state index is 1.02. The second-order valence-corrected chi connectivity index (χ2v) is 11.2. The summed E-state index contributed by atoms with van der Waals surface area (Å²) in [6.07, 6.45) is 1.88. The van der Waals surface area contributed by atoms with Crippen LogP contribution in [0.15, 0.2) is 10.7 Å². The van der Waals surface area contributed by atoms with E-state index >= 15 is 0 Å². The molecule has 0 aromatic carbocycles. The van der Waals surface area contributed by atoms with Gasteiger partial charge in [-0.25, -0.2) is 4.98 Å². The van der Waals surface area contributed by atoms with Crippen LogP contribution in [-0.4, -0.2) is 18.0 Å². The Balaban J connectivity index is 2.85.